The monoisotopic (exact) mass is 261 g/mol. The lowest BCUT2D eigenvalue weighted by atomic mass is 10.2. The number of fused-ring (bicyclic) bond motifs is 1. The molecule has 0 aliphatic carbocycles. The smallest absolute Gasteiger partial charge is 0.219 e. The van der Waals surface area contributed by atoms with E-state index in [1.54, 1.807) is 0 Å². The number of carbonyl (C=O) groups excluding carboxylic acids is 1. The van der Waals surface area contributed by atoms with E-state index in [2.05, 4.69) is 4.98 Å². The fourth-order valence-corrected chi connectivity index (χ4v) is 2.61. The number of carbonyl (C=O) groups is 1. The zero-order valence-corrected chi connectivity index (χ0v) is 10.3. The van der Waals surface area contributed by atoms with Crippen molar-refractivity contribution in [3.63, 3.8) is 0 Å². The first-order valence-electron chi connectivity index (χ1n) is 5.10. The number of benzene rings is 1. The number of aromatic nitrogens is 1. The molecule has 1 N–H and O–H groups in total. The summed E-state index contributed by atoms with van der Waals surface area (Å²) in [5, 5.41) is 3.55. The minimum atomic E-state index is 0.0207. The molecule has 0 amide bonds. The number of ketones is 1. The predicted molar refractivity (Wildman–Crippen MR) is 71.1 cm³/mol. The summed E-state index contributed by atoms with van der Waals surface area (Å²) in [5.74, 6) is 0.0207. The van der Waals surface area contributed by atoms with Crippen LogP contribution in [0.1, 0.15) is 15.4 Å². The number of rotatable bonds is 2. The normalized spacial score (nSPS) is 10.9. The van der Waals surface area contributed by atoms with Gasteiger partial charge in [0.05, 0.1) is 10.6 Å². The van der Waals surface area contributed by atoms with Crippen molar-refractivity contribution in [3.05, 3.63) is 57.4 Å². The van der Waals surface area contributed by atoms with Crippen LogP contribution in [0.4, 0.5) is 0 Å². The Bertz CT molecular complexity index is 685. The Morgan fingerprint density at radius 2 is 2.12 bits per heavy atom. The molecule has 2 aromatic heterocycles. The highest BCUT2D eigenvalue weighted by Gasteiger charge is 2.12. The van der Waals surface area contributed by atoms with Crippen molar-refractivity contribution < 1.29 is 4.79 Å². The molecular weight excluding hydrogens is 254 g/mol. The van der Waals surface area contributed by atoms with Crippen molar-refractivity contribution in [1.29, 1.82) is 0 Å². The molecule has 0 saturated heterocycles. The summed E-state index contributed by atoms with van der Waals surface area (Å²) < 4.78 is 0. The van der Waals surface area contributed by atoms with Crippen LogP contribution in [0.25, 0.3) is 10.9 Å². The van der Waals surface area contributed by atoms with Crippen LogP contribution in [0.3, 0.4) is 0 Å². The Hall–Kier alpha value is -1.58. The van der Waals surface area contributed by atoms with Gasteiger partial charge < -0.3 is 4.98 Å². The van der Waals surface area contributed by atoms with E-state index in [0.29, 0.717) is 10.7 Å². The van der Waals surface area contributed by atoms with E-state index in [4.69, 9.17) is 11.6 Å². The van der Waals surface area contributed by atoms with Crippen molar-refractivity contribution in [2.24, 2.45) is 0 Å². The lowest BCUT2D eigenvalue weighted by Gasteiger charge is -1.92. The molecule has 0 aliphatic rings. The lowest BCUT2D eigenvalue weighted by Crippen LogP contribution is -1.97. The van der Waals surface area contributed by atoms with Gasteiger partial charge in [-0.1, -0.05) is 23.7 Å². The zero-order valence-electron chi connectivity index (χ0n) is 8.74. The fraction of sp³-hybridized carbons (Fsp3) is 0. The third-order valence-corrected chi connectivity index (χ3v) is 3.68. The van der Waals surface area contributed by atoms with Crippen LogP contribution in [-0.2, 0) is 0 Å². The third-order valence-electron chi connectivity index (χ3n) is 2.57. The quantitative estimate of drug-likeness (QED) is 0.692. The summed E-state index contributed by atoms with van der Waals surface area (Å²) in [6.45, 7) is 0. The molecule has 0 spiro atoms. The van der Waals surface area contributed by atoms with Crippen LogP contribution in [0.15, 0.2) is 41.8 Å². The first kappa shape index (κ1) is 10.6. The van der Waals surface area contributed by atoms with Gasteiger partial charge in [0, 0.05) is 15.9 Å². The highest BCUT2D eigenvalue weighted by Crippen LogP contribution is 2.22. The van der Waals surface area contributed by atoms with Crippen LogP contribution < -0.4 is 0 Å². The van der Waals surface area contributed by atoms with E-state index in [1.807, 2.05) is 41.8 Å². The number of hydrogen-bond donors (Lipinski definition) is 1. The first-order chi connectivity index (χ1) is 8.24. The van der Waals surface area contributed by atoms with E-state index < -0.39 is 0 Å². The second-order valence-corrected chi connectivity index (χ2v) is 5.11. The van der Waals surface area contributed by atoms with Crippen molar-refractivity contribution >= 4 is 39.6 Å². The molecule has 0 fully saturated rings. The summed E-state index contributed by atoms with van der Waals surface area (Å²) in [4.78, 5) is 15.9. The number of thiophene rings is 1. The van der Waals surface area contributed by atoms with E-state index >= 15 is 0 Å². The number of hydrogen-bond acceptors (Lipinski definition) is 2. The maximum atomic E-state index is 12.1. The Morgan fingerprint density at radius 3 is 2.88 bits per heavy atom. The summed E-state index contributed by atoms with van der Waals surface area (Å²) in [7, 11) is 0. The Morgan fingerprint density at radius 1 is 1.24 bits per heavy atom. The molecule has 17 heavy (non-hydrogen) atoms. The zero-order chi connectivity index (χ0) is 11.8. The van der Waals surface area contributed by atoms with Gasteiger partial charge in [0.25, 0.3) is 0 Å². The second kappa shape index (κ2) is 4.02. The van der Waals surface area contributed by atoms with Gasteiger partial charge in [-0.05, 0) is 29.6 Å². The second-order valence-electron chi connectivity index (χ2n) is 3.72. The fourth-order valence-electron chi connectivity index (χ4n) is 1.76. The highest BCUT2D eigenvalue weighted by atomic mass is 35.5. The van der Waals surface area contributed by atoms with Gasteiger partial charge in [0.2, 0.25) is 5.78 Å². The first-order valence-corrected chi connectivity index (χ1v) is 6.36. The van der Waals surface area contributed by atoms with E-state index in [9.17, 15) is 4.79 Å². The molecule has 0 saturated carbocycles. The Balaban J connectivity index is 2.09. The maximum Gasteiger partial charge on any atom is 0.219 e. The molecule has 4 heteroatoms. The van der Waals surface area contributed by atoms with E-state index in [1.165, 1.54) is 11.3 Å². The van der Waals surface area contributed by atoms with Crippen LogP contribution in [0, 0.1) is 0 Å². The van der Waals surface area contributed by atoms with Gasteiger partial charge in [-0.25, -0.2) is 0 Å². The number of nitrogens with one attached hydrogen (secondary N) is 1. The van der Waals surface area contributed by atoms with E-state index in [-0.39, 0.29) is 5.78 Å². The summed E-state index contributed by atoms with van der Waals surface area (Å²) in [6, 6.07) is 11.1. The SMILES string of the molecule is O=C(c1cc2ccc(Cl)cc2[nH]1)c1cccs1. The topological polar surface area (TPSA) is 32.9 Å². The standard InChI is InChI=1S/C13H8ClNOS/c14-9-4-3-8-6-11(15-10(8)7-9)13(16)12-2-1-5-17-12/h1-7,15H. The van der Waals surface area contributed by atoms with Crippen molar-refractivity contribution in [3.8, 4) is 0 Å². The van der Waals surface area contributed by atoms with Gasteiger partial charge in [-0.3, -0.25) is 4.79 Å². The molecule has 2 nitrogen and oxygen atoms in total. The van der Waals surface area contributed by atoms with Crippen LogP contribution >= 0.6 is 22.9 Å². The highest BCUT2D eigenvalue weighted by molar-refractivity contribution is 7.12. The molecule has 2 heterocycles. The molecule has 3 rings (SSSR count). The number of H-pyrrole nitrogens is 1. The largest absolute Gasteiger partial charge is 0.352 e. The Kier molecular flexibility index (Phi) is 2.50. The maximum absolute atomic E-state index is 12.1. The molecule has 0 bridgehead atoms. The van der Waals surface area contributed by atoms with Crippen LogP contribution in [0.5, 0.6) is 0 Å². The summed E-state index contributed by atoms with van der Waals surface area (Å²) in [6.07, 6.45) is 0. The molecule has 0 atom stereocenters. The van der Waals surface area contributed by atoms with Gasteiger partial charge in [-0.15, -0.1) is 11.3 Å². The summed E-state index contributed by atoms with van der Waals surface area (Å²) >= 11 is 7.35. The molecule has 0 radical (unpaired) electrons. The predicted octanol–water partition coefficient (Wildman–Crippen LogP) is 4.11. The third kappa shape index (κ3) is 1.88. The van der Waals surface area contributed by atoms with Gasteiger partial charge in [0.1, 0.15) is 0 Å². The molecule has 84 valence electrons. The minimum Gasteiger partial charge on any atom is -0.352 e. The van der Waals surface area contributed by atoms with Crippen LogP contribution in [-0.4, -0.2) is 10.8 Å². The van der Waals surface area contributed by atoms with Crippen molar-refractivity contribution in [1.82, 2.24) is 4.98 Å². The average molecular weight is 262 g/mol. The lowest BCUT2D eigenvalue weighted by molar-refractivity contribution is 0.103. The van der Waals surface area contributed by atoms with Gasteiger partial charge >= 0.3 is 0 Å². The number of aromatic amines is 1. The van der Waals surface area contributed by atoms with Crippen molar-refractivity contribution in [2.45, 2.75) is 0 Å². The van der Waals surface area contributed by atoms with E-state index in [0.717, 1.165) is 15.8 Å². The molecule has 3 aromatic rings. The Labute approximate surface area is 107 Å². The average Bonchev–Trinajstić information content (AvgIpc) is 2.96. The number of halogens is 1. The molecular formula is C13H8ClNOS. The van der Waals surface area contributed by atoms with Crippen LogP contribution in [0.2, 0.25) is 5.02 Å². The molecule has 0 unspecified atom stereocenters. The summed E-state index contributed by atoms with van der Waals surface area (Å²) in [5.41, 5.74) is 1.49. The van der Waals surface area contributed by atoms with Gasteiger partial charge in [0.15, 0.2) is 0 Å². The molecule has 0 aliphatic heterocycles. The minimum absolute atomic E-state index is 0.0207. The van der Waals surface area contributed by atoms with Gasteiger partial charge in [-0.2, -0.15) is 0 Å². The van der Waals surface area contributed by atoms with Crippen molar-refractivity contribution in [2.75, 3.05) is 0 Å². The molecule has 1 aromatic carbocycles.